The van der Waals surface area contributed by atoms with Gasteiger partial charge in [-0.1, -0.05) is 12.8 Å². The lowest BCUT2D eigenvalue weighted by Gasteiger charge is -2.24. The summed E-state index contributed by atoms with van der Waals surface area (Å²) < 4.78 is 0. The topological polar surface area (TPSA) is 20.3 Å². The molecule has 0 radical (unpaired) electrons. The number of carbonyl (C=O) groups is 1. The highest BCUT2D eigenvalue weighted by Gasteiger charge is 2.31. The van der Waals surface area contributed by atoms with E-state index in [9.17, 15) is 4.79 Å². The third kappa shape index (κ3) is 1.72. The predicted molar refractivity (Wildman–Crippen MR) is 52.4 cm³/mol. The minimum Gasteiger partial charge on any atom is -0.340 e. The molecule has 2 heteroatoms. The Morgan fingerprint density at radius 1 is 1.15 bits per heavy atom. The average Bonchev–Trinajstić information content (AvgIpc) is 2.72. The van der Waals surface area contributed by atoms with Crippen molar-refractivity contribution in [3.05, 3.63) is 0 Å². The first kappa shape index (κ1) is 9.04. The van der Waals surface area contributed by atoms with E-state index >= 15 is 0 Å². The normalized spacial score (nSPS) is 29.9. The van der Waals surface area contributed by atoms with Crippen molar-refractivity contribution in [3.8, 4) is 0 Å². The monoisotopic (exact) mass is 181 g/mol. The van der Waals surface area contributed by atoms with E-state index in [4.69, 9.17) is 0 Å². The van der Waals surface area contributed by atoms with Crippen LogP contribution in [0.15, 0.2) is 0 Å². The van der Waals surface area contributed by atoms with E-state index in [2.05, 4.69) is 11.8 Å². The van der Waals surface area contributed by atoms with Crippen molar-refractivity contribution in [1.82, 2.24) is 4.90 Å². The van der Waals surface area contributed by atoms with Crippen molar-refractivity contribution in [2.75, 3.05) is 6.54 Å². The second-order valence-electron chi connectivity index (χ2n) is 4.50. The second kappa shape index (κ2) is 3.69. The summed E-state index contributed by atoms with van der Waals surface area (Å²) in [6.07, 6.45) is 7.22. The van der Waals surface area contributed by atoms with Crippen molar-refractivity contribution in [1.29, 1.82) is 0 Å². The quantitative estimate of drug-likeness (QED) is 0.607. The molecule has 0 aromatic heterocycles. The maximum atomic E-state index is 12.0. The highest BCUT2D eigenvalue weighted by molar-refractivity contribution is 5.79. The molecule has 1 atom stereocenters. The van der Waals surface area contributed by atoms with Crippen LogP contribution in [0.3, 0.4) is 0 Å². The Kier molecular flexibility index (Phi) is 2.56. The highest BCUT2D eigenvalue weighted by Crippen LogP contribution is 2.29. The zero-order valence-corrected chi connectivity index (χ0v) is 8.46. The molecule has 1 heterocycles. The third-order valence-corrected chi connectivity index (χ3v) is 3.54. The lowest BCUT2D eigenvalue weighted by Crippen LogP contribution is -2.37. The first-order valence-corrected chi connectivity index (χ1v) is 5.59. The molecule has 0 bridgehead atoms. The third-order valence-electron chi connectivity index (χ3n) is 3.54. The molecule has 0 aromatic rings. The van der Waals surface area contributed by atoms with E-state index in [1.165, 1.54) is 25.7 Å². The lowest BCUT2D eigenvalue weighted by atomic mass is 10.1. The summed E-state index contributed by atoms with van der Waals surface area (Å²) in [6.45, 7) is 3.19. The maximum Gasteiger partial charge on any atom is 0.225 e. The summed E-state index contributed by atoms with van der Waals surface area (Å²) in [5, 5.41) is 0. The minimum absolute atomic E-state index is 0.376. The molecule has 0 aromatic carbocycles. The summed E-state index contributed by atoms with van der Waals surface area (Å²) in [5.41, 5.74) is 0. The van der Waals surface area contributed by atoms with Crippen molar-refractivity contribution in [2.24, 2.45) is 5.92 Å². The van der Waals surface area contributed by atoms with Gasteiger partial charge >= 0.3 is 0 Å². The van der Waals surface area contributed by atoms with Gasteiger partial charge in [0.25, 0.3) is 0 Å². The number of rotatable bonds is 1. The van der Waals surface area contributed by atoms with Crippen LogP contribution in [-0.4, -0.2) is 23.4 Å². The van der Waals surface area contributed by atoms with Crippen LogP contribution in [0.1, 0.15) is 45.4 Å². The average molecular weight is 181 g/mol. The number of hydrogen-bond acceptors (Lipinski definition) is 1. The lowest BCUT2D eigenvalue weighted by molar-refractivity contribution is -0.135. The Labute approximate surface area is 80.3 Å². The van der Waals surface area contributed by atoms with Crippen LogP contribution < -0.4 is 0 Å². The summed E-state index contributed by atoms with van der Waals surface area (Å²) in [6, 6.07) is 0.507. The number of hydrogen-bond donors (Lipinski definition) is 0. The molecule has 74 valence electrons. The summed E-state index contributed by atoms with van der Waals surface area (Å²) in [4.78, 5) is 14.1. The van der Waals surface area contributed by atoms with Gasteiger partial charge in [-0.05, 0) is 32.6 Å². The molecule has 1 amide bonds. The van der Waals surface area contributed by atoms with E-state index in [-0.39, 0.29) is 0 Å². The molecule has 1 saturated carbocycles. The SMILES string of the molecule is C[C@H]1CCCN1C(=O)C1CCCC1. The van der Waals surface area contributed by atoms with Crippen LogP contribution in [0.5, 0.6) is 0 Å². The second-order valence-corrected chi connectivity index (χ2v) is 4.50. The van der Waals surface area contributed by atoms with Crippen LogP contribution in [0.4, 0.5) is 0 Å². The Hall–Kier alpha value is -0.530. The largest absolute Gasteiger partial charge is 0.340 e. The van der Waals surface area contributed by atoms with Gasteiger partial charge in [0.05, 0.1) is 0 Å². The van der Waals surface area contributed by atoms with Gasteiger partial charge in [-0.3, -0.25) is 4.79 Å². The highest BCUT2D eigenvalue weighted by atomic mass is 16.2. The van der Waals surface area contributed by atoms with E-state index in [0.29, 0.717) is 17.9 Å². The Morgan fingerprint density at radius 3 is 2.38 bits per heavy atom. The van der Waals surface area contributed by atoms with Crippen LogP contribution >= 0.6 is 0 Å². The maximum absolute atomic E-state index is 12.0. The van der Waals surface area contributed by atoms with E-state index in [1.54, 1.807) is 0 Å². The van der Waals surface area contributed by atoms with Crippen LogP contribution in [0.25, 0.3) is 0 Å². The zero-order valence-electron chi connectivity index (χ0n) is 8.46. The smallest absolute Gasteiger partial charge is 0.225 e. The number of nitrogens with zero attached hydrogens (tertiary/aromatic N) is 1. The molecule has 13 heavy (non-hydrogen) atoms. The molecule has 1 aliphatic carbocycles. The molecular formula is C11H19NO. The van der Waals surface area contributed by atoms with Gasteiger partial charge in [0, 0.05) is 18.5 Å². The van der Waals surface area contributed by atoms with Gasteiger partial charge in [0.15, 0.2) is 0 Å². The van der Waals surface area contributed by atoms with Gasteiger partial charge < -0.3 is 4.90 Å². The van der Waals surface area contributed by atoms with Gasteiger partial charge in [-0.2, -0.15) is 0 Å². The molecule has 2 fully saturated rings. The van der Waals surface area contributed by atoms with Gasteiger partial charge in [-0.15, -0.1) is 0 Å². The summed E-state index contributed by atoms with van der Waals surface area (Å²) in [5.74, 6) is 0.822. The van der Waals surface area contributed by atoms with Crippen molar-refractivity contribution in [2.45, 2.75) is 51.5 Å². The molecule has 0 unspecified atom stereocenters. The Bertz CT molecular complexity index is 196. The summed E-state index contributed by atoms with van der Waals surface area (Å²) in [7, 11) is 0. The Morgan fingerprint density at radius 2 is 1.85 bits per heavy atom. The molecule has 0 N–H and O–H groups in total. The molecule has 2 nitrogen and oxygen atoms in total. The van der Waals surface area contributed by atoms with Crippen molar-refractivity contribution < 1.29 is 4.79 Å². The first-order valence-electron chi connectivity index (χ1n) is 5.59. The molecule has 0 spiro atoms. The molecular weight excluding hydrogens is 162 g/mol. The minimum atomic E-state index is 0.376. The van der Waals surface area contributed by atoms with Gasteiger partial charge in [0.1, 0.15) is 0 Å². The fourth-order valence-electron chi connectivity index (χ4n) is 2.67. The number of carbonyl (C=O) groups excluding carboxylic acids is 1. The Balaban J connectivity index is 1.95. The zero-order chi connectivity index (χ0) is 9.26. The molecule has 1 saturated heterocycles. The van der Waals surface area contributed by atoms with E-state index in [0.717, 1.165) is 19.4 Å². The van der Waals surface area contributed by atoms with Gasteiger partial charge in [0.2, 0.25) is 5.91 Å². The summed E-state index contributed by atoms with van der Waals surface area (Å²) >= 11 is 0. The molecule has 2 rings (SSSR count). The van der Waals surface area contributed by atoms with Crippen LogP contribution in [-0.2, 0) is 4.79 Å². The fraction of sp³-hybridized carbons (Fsp3) is 0.909. The van der Waals surface area contributed by atoms with Gasteiger partial charge in [-0.25, -0.2) is 0 Å². The van der Waals surface area contributed by atoms with Crippen molar-refractivity contribution in [3.63, 3.8) is 0 Å². The molecule has 1 aliphatic heterocycles. The van der Waals surface area contributed by atoms with Crippen molar-refractivity contribution >= 4 is 5.91 Å². The molecule has 2 aliphatic rings. The van der Waals surface area contributed by atoms with Crippen LogP contribution in [0, 0.1) is 5.92 Å². The van der Waals surface area contributed by atoms with E-state index < -0.39 is 0 Å². The first-order chi connectivity index (χ1) is 6.29. The number of amides is 1. The van der Waals surface area contributed by atoms with Crippen LogP contribution in [0.2, 0.25) is 0 Å². The number of likely N-dealkylation sites (tertiary alicyclic amines) is 1. The predicted octanol–water partition coefficient (Wildman–Crippen LogP) is 2.19. The standard InChI is InChI=1S/C11H19NO/c1-9-5-4-8-12(9)11(13)10-6-2-3-7-10/h9-10H,2-8H2,1H3/t9-/m0/s1. The van der Waals surface area contributed by atoms with E-state index in [1.807, 2.05) is 0 Å². The fourth-order valence-corrected chi connectivity index (χ4v) is 2.67.